The molecule has 1 aromatic heterocycles. The molecule has 0 bridgehead atoms. The molecule has 0 spiro atoms. The number of H-pyrrole nitrogens is 1. The number of aromatic amines is 1. The number of halogens is 1. The van der Waals surface area contributed by atoms with Gasteiger partial charge in [0.05, 0.1) is 12.3 Å². The number of likely N-dealkylation sites (tertiary alicyclic amines) is 1. The number of methoxy groups -OCH3 is 1. The summed E-state index contributed by atoms with van der Waals surface area (Å²) in [6.45, 7) is 1.97. The van der Waals surface area contributed by atoms with Crippen molar-refractivity contribution in [2.24, 2.45) is 0 Å². The lowest BCUT2D eigenvalue weighted by molar-refractivity contribution is -0.134. The fraction of sp³-hybridized carbons (Fsp3) is 0.444. The number of rotatable bonds is 7. The third-order valence-corrected chi connectivity index (χ3v) is 4.31. The highest BCUT2D eigenvalue weighted by molar-refractivity contribution is 5.77. The van der Waals surface area contributed by atoms with Gasteiger partial charge in [-0.1, -0.05) is 6.07 Å². The minimum absolute atomic E-state index is 0.0178. The van der Waals surface area contributed by atoms with Crippen LogP contribution in [-0.4, -0.2) is 54.4 Å². The summed E-state index contributed by atoms with van der Waals surface area (Å²) in [6, 6.07) is 8.12. The van der Waals surface area contributed by atoms with Crippen LogP contribution in [0.2, 0.25) is 0 Å². The summed E-state index contributed by atoms with van der Waals surface area (Å²) in [5, 5.41) is 7.39. The third-order valence-electron chi connectivity index (χ3n) is 4.31. The van der Waals surface area contributed by atoms with Gasteiger partial charge in [0.2, 0.25) is 5.91 Å². The summed E-state index contributed by atoms with van der Waals surface area (Å²) in [5.41, 5.74) is 1.93. The van der Waals surface area contributed by atoms with Crippen LogP contribution < -0.4 is 4.74 Å². The zero-order valence-electron chi connectivity index (χ0n) is 14.2. The minimum Gasteiger partial charge on any atom is -0.493 e. The van der Waals surface area contributed by atoms with Gasteiger partial charge in [0.25, 0.3) is 0 Å². The number of nitrogens with one attached hydrogen (secondary N) is 1. The van der Waals surface area contributed by atoms with Crippen LogP contribution in [0.15, 0.2) is 30.3 Å². The molecule has 1 atom stereocenters. The Morgan fingerprint density at radius 2 is 2.32 bits per heavy atom. The number of carbonyl (C=O) groups is 1. The van der Waals surface area contributed by atoms with E-state index in [-0.39, 0.29) is 24.2 Å². The highest BCUT2D eigenvalue weighted by Gasteiger charge is 2.28. The van der Waals surface area contributed by atoms with Gasteiger partial charge in [-0.25, -0.2) is 4.39 Å². The maximum absolute atomic E-state index is 13.1. The number of aromatic nitrogens is 2. The van der Waals surface area contributed by atoms with Crippen molar-refractivity contribution >= 4 is 5.91 Å². The van der Waals surface area contributed by atoms with Crippen LogP contribution in [0.4, 0.5) is 4.39 Å². The Balaban J connectivity index is 1.48. The van der Waals surface area contributed by atoms with Crippen molar-refractivity contribution in [3.05, 3.63) is 47.5 Å². The second-order valence-electron chi connectivity index (χ2n) is 6.13. The summed E-state index contributed by atoms with van der Waals surface area (Å²) in [5.74, 6) is 0.470. The van der Waals surface area contributed by atoms with E-state index in [1.54, 1.807) is 12.1 Å². The summed E-state index contributed by atoms with van der Waals surface area (Å²) in [6.07, 6.45) is 1.56. The molecule has 1 aliphatic heterocycles. The van der Waals surface area contributed by atoms with E-state index < -0.39 is 0 Å². The monoisotopic (exact) mass is 347 g/mol. The number of amides is 1. The van der Waals surface area contributed by atoms with Crippen molar-refractivity contribution in [3.63, 3.8) is 0 Å². The van der Waals surface area contributed by atoms with Crippen molar-refractivity contribution in [1.29, 1.82) is 0 Å². The van der Waals surface area contributed by atoms with Crippen molar-refractivity contribution in [3.8, 4) is 5.75 Å². The van der Waals surface area contributed by atoms with E-state index in [1.807, 2.05) is 11.0 Å². The maximum Gasteiger partial charge on any atom is 0.248 e. The van der Waals surface area contributed by atoms with Crippen LogP contribution in [0, 0.1) is 5.82 Å². The molecule has 1 unspecified atom stereocenters. The van der Waals surface area contributed by atoms with Gasteiger partial charge in [-0.15, -0.1) is 0 Å². The lowest BCUT2D eigenvalue weighted by Gasteiger charge is -2.15. The van der Waals surface area contributed by atoms with Crippen LogP contribution in [0.25, 0.3) is 0 Å². The molecule has 1 saturated heterocycles. The molecular formula is C18H22FN3O3. The lowest BCUT2D eigenvalue weighted by Crippen LogP contribution is -2.31. The van der Waals surface area contributed by atoms with Crippen molar-refractivity contribution < 1.29 is 18.7 Å². The van der Waals surface area contributed by atoms with Crippen molar-refractivity contribution in [1.82, 2.24) is 15.1 Å². The summed E-state index contributed by atoms with van der Waals surface area (Å²) < 4.78 is 23.5. The predicted molar refractivity (Wildman–Crippen MR) is 90.0 cm³/mol. The Hall–Kier alpha value is -2.41. The molecule has 1 amide bonds. The van der Waals surface area contributed by atoms with Gasteiger partial charge in [0.15, 0.2) is 0 Å². The molecule has 2 heterocycles. The SMILES string of the molecule is COCC(=O)N1CCC(c2cc(CCOc3cccc(F)c3)[nH]n2)C1. The first kappa shape index (κ1) is 17.4. The van der Waals surface area contributed by atoms with E-state index in [0.29, 0.717) is 25.3 Å². The van der Waals surface area contributed by atoms with Crippen LogP contribution in [-0.2, 0) is 16.0 Å². The first-order valence-corrected chi connectivity index (χ1v) is 8.35. The molecule has 25 heavy (non-hydrogen) atoms. The molecule has 134 valence electrons. The van der Waals surface area contributed by atoms with E-state index in [2.05, 4.69) is 10.2 Å². The van der Waals surface area contributed by atoms with Crippen molar-refractivity contribution in [2.45, 2.75) is 18.8 Å². The number of hydrogen-bond donors (Lipinski definition) is 1. The summed E-state index contributed by atoms with van der Waals surface area (Å²) in [4.78, 5) is 13.7. The molecule has 2 aromatic rings. The summed E-state index contributed by atoms with van der Waals surface area (Å²) in [7, 11) is 1.53. The van der Waals surface area contributed by atoms with Gasteiger partial charge < -0.3 is 14.4 Å². The fourth-order valence-electron chi connectivity index (χ4n) is 3.00. The van der Waals surface area contributed by atoms with Crippen LogP contribution >= 0.6 is 0 Å². The third kappa shape index (κ3) is 4.57. The second-order valence-corrected chi connectivity index (χ2v) is 6.13. The Kier molecular flexibility index (Phi) is 5.65. The van der Waals surface area contributed by atoms with Gasteiger partial charge >= 0.3 is 0 Å². The van der Waals surface area contributed by atoms with E-state index in [0.717, 1.165) is 24.4 Å². The largest absolute Gasteiger partial charge is 0.493 e. The average Bonchev–Trinajstić information content (AvgIpc) is 3.24. The standard InChI is InChI=1S/C18H22FN3O3/c1-24-12-18(23)22-7-5-13(11-22)17-10-15(20-21-17)6-8-25-16-4-2-3-14(19)9-16/h2-4,9-10,13H,5-8,11-12H2,1H3,(H,20,21). The van der Waals surface area contributed by atoms with E-state index in [9.17, 15) is 9.18 Å². The zero-order valence-corrected chi connectivity index (χ0v) is 14.2. The van der Waals surface area contributed by atoms with Crippen LogP contribution in [0.5, 0.6) is 5.75 Å². The molecular weight excluding hydrogens is 325 g/mol. The van der Waals surface area contributed by atoms with Gasteiger partial charge in [-0.2, -0.15) is 5.10 Å². The minimum atomic E-state index is -0.310. The van der Waals surface area contributed by atoms with E-state index in [1.165, 1.54) is 19.2 Å². The highest BCUT2D eigenvalue weighted by atomic mass is 19.1. The fourth-order valence-corrected chi connectivity index (χ4v) is 3.00. The molecule has 1 aliphatic rings. The molecule has 1 N–H and O–H groups in total. The van der Waals surface area contributed by atoms with Crippen LogP contribution in [0.3, 0.4) is 0 Å². The maximum atomic E-state index is 13.1. The Labute approximate surface area is 145 Å². The average molecular weight is 347 g/mol. The first-order valence-electron chi connectivity index (χ1n) is 8.35. The number of hydrogen-bond acceptors (Lipinski definition) is 4. The van der Waals surface area contributed by atoms with Gasteiger partial charge in [-0.3, -0.25) is 9.89 Å². The molecule has 0 saturated carbocycles. The quantitative estimate of drug-likeness (QED) is 0.833. The number of nitrogens with zero attached hydrogens (tertiary/aromatic N) is 2. The number of carbonyl (C=O) groups excluding carboxylic acids is 1. The van der Waals surface area contributed by atoms with Crippen molar-refractivity contribution in [2.75, 3.05) is 33.4 Å². The van der Waals surface area contributed by atoms with Gasteiger partial charge in [0.1, 0.15) is 18.2 Å². The second kappa shape index (κ2) is 8.11. The Morgan fingerprint density at radius 1 is 1.44 bits per heavy atom. The number of ether oxygens (including phenoxy) is 2. The lowest BCUT2D eigenvalue weighted by atomic mass is 10.0. The molecule has 0 radical (unpaired) electrons. The normalized spacial score (nSPS) is 17.0. The molecule has 6 nitrogen and oxygen atoms in total. The number of benzene rings is 1. The molecule has 3 rings (SSSR count). The molecule has 1 aromatic carbocycles. The summed E-state index contributed by atoms with van der Waals surface area (Å²) >= 11 is 0. The first-order chi connectivity index (χ1) is 12.2. The van der Waals surface area contributed by atoms with Gasteiger partial charge in [-0.05, 0) is 24.6 Å². The topological polar surface area (TPSA) is 67.4 Å². The Morgan fingerprint density at radius 3 is 3.12 bits per heavy atom. The van der Waals surface area contributed by atoms with E-state index >= 15 is 0 Å². The molecule has 1 fully saturated rings. The smallest absolute Gasteiger partial charge is 0.248 e. The molecule has 7 heteroatoms. The highest BCUT2D eigenvalue weighted by Crippen LogP contribution is 2.26. The van der Waals surface area contributed by atoms with Gasteiger partial charge in [0, 0.05) is 44.3 Å². The van der Waals surface area contributed by atoms with E-state index in [4.69, 9.17) is 9.47 Å². The molecule has 0 aliphatic carbocycles. The Bertz CT molecular complexity index is 719. The predicted octanol–water partition coefficient (Wildman–Crippen LogP) is 2.13. The van der Waals surface area contributed by atoms with Crippen LogP contribution in [0.1, 0.15) is 23.7 Å². The zero-order chi connectivity index (χ0) is 17.6.